The second-order valence-corrected chi connectivity index (χ2v) is 4.38. The summed E-state index contributed by atoms with van der Waals surface area (Å²) in [6, 6.07) is 9.04. The average Bonchev–Trinajstić information content (AvgIpc) is 2.67. The number of benzene rings is 1. The van der Waals surface area contributed by atoms with Crippen LogP contribution in [0.3, 0.4) is 0 Å². The van der Waals surface area contributed by atoms with Crippen molar-refractivity contribution in [2.45, 2.75) is 25.2 Å². The zero-order valence-electron chi connectivity index (χ0n) is 9.80. The number of ether oxygens (including phenoxy) is 1. The van der Waals surface area contributed by atoms with Gasteiger partial charge in [-0.1, -0.05) is 30.3 Å². The van der Waals surface area contributed by atoms with Gasteiger partial charge in [-0.2, -0.15) is 0 Å². The number of likely N-dealkylation sites (N-methyl/N-ethyl adjacent to an activating group) is 1. The van der Waals surface area contributed by atoms with Gasteiger partial charge in [0, 0.05) is 13.0 Å². The van der Waals surface area contributed by atoms with Crippen LogP contribution in [0.1, 0.15) is 12.0 Å². The highest BCUT2D eigenvalue weighted by molar-refractivity contribution is 5.76. The standard InChI is InChI=1S/C13H16FNO2/c1-15-8-11(14)7-12(15)13(16)17-9-10-5-3-2-4-6-10/h2-6,11-12H,7-9H2,1H3/t11-,12+/m1/s1. The van der Waals surface area contributed by atoms with E-state index in [2.05, 4.69) is 0 Å². The molecular formula is C13H16FNO2. The summed E-state index contributed by atoms with van der Waals surface area (Å²) in [5, 5.41) is 0. The summed E-state index contributed by atoms with van der Waals surface area (Å²) in [5.74, 6) is -0.337. The highest BCUT2D eigenvalue weighted by atomic mass is 19.1. The first-order valence-corrected chi connectivity index (χ1v) is 5.71. The van der Waals surface area contributed by atoms with Crippen LogP contribution >= 0.6 is 0 Å². The minimum absolute atomic E-state index is 0.240. The third-order valence-corrected chi connectivity index (χ3v) is 2.99. The predicted octanol–water partition coefficient (Wildman–Crippen LogP) is 1.77. The fourth-order valence-corrected chi connectivity index (χ4v) is 2.04. The van der Waals surface area contributed by atoms with Gasteiger partial charge in [0.25, 0.3) is 0 Å². The zero-order chi connectivity index (χ0) is 12.3. The smallest absolute Gasteiger partial charge is 0.323 e. The molecule has 17 heavy (non-hydrogen) atoms. The monoisotopic (exact) mass is 237 g/mol. The zero-order valence-corrected chi connectivity index (χ0v) is 9.80. The molecule has 0 saturated carbocycles. The van der Waals surface area contributed by atoms with Crippen LogP contribution in [0, 0.1) is 0 Å². The summed E-state index contributed by atoms with van der Waals surface area (Å²) in [7, 11) is 1.74. The van der Waals surface area contributed by atoms with Crippen LogP contribution in [-0.2, 0) is 16.1 Å². The van der Waals surface area contributed by atoms with Gasteiger partial charge in [-0.15, -0.1) is 0 Å². The second kappa shape index (κ2) is 5.27. The maximum Gasteiger partial charge on any atom is 0.323 e. The van der Waals surface area contributed by atoms with E-state index in [0.717, 1.165) is 5.56 Å². The van der Waals surface area contributed by atoms with Crippen LogP contribution < -0.4 is 0 Å². The number of rotatable bonds is 3. The molecule has 3 nitrogen and oxygen atoms in total. The van der Waals surface area contributed by atoms with E-state index >= 15 is 0 Å². The number of carbonyl (C=O) groups excluding carboxylic acids is 1. The van der Waals surface area contributed by atoms with Crippen LogP contribution in [0.25, 0.3) is 0 Å². The molecule has 0 amide bonds. The first-order valence-electron chi connectivity index (χ1n) is 5.71. The largest absolute Gasteiger partial charge is 0.460 e. The maximum absolute atomic E-state index is 13.1. The number of nitrogens with zero attached hydrogens (tertiary/aromatic N) is 1. The van der Waals surface area contributed by atoms with Crippen molar-refractivity contribution in [3.8, 4) is 0 Å². The minimum Gasteiger partial charge on any atom is -0.460 e. The average molecular weight is 237 g/mol. The molecule has 1 aliphatic rings. The van der Waals surface area contributed by atoms with E-state index in [0.29, 0.717) is 6.54 Å². The molecule has 0 radical (unpaired) electrons. The lowest BCUT2D eigenvalue weighted by molar-refractivity contribution is -0.149. The Kier molecular flexibility index (Phi) is 3.74. The van der Waals surface area contributed by atoms with Crippen LogP contribution in [0.5, 0.6) is 0 Å². The molecule has 1 aliphatic heterocycles. The fraction of sp³-hybridized carbons (Fsp3) is 0.462. The Balaban J connectivity index is 1.86. The first-order chi connectivity index (χ1) is 8.16. The molecule has 0 aliphatic carbocycles. The molecule has 1 aromatic carbocycles. The van der Waals surface area contributed by atoms with E-state index in [9.17, 15) is 9.18 Å². The number of alkyl halides is 1. The minimum atomic E-state index is -0.922. The first kappa shape index (κ1) is 12.0. The van der Waals surface area contributed by atoms with Crippen LogP contribution in [0.2, 0.25) is 0 Å². The van der Waals surface area contributed by atoms with Crippen LogP contribution in [-0.4, -0.2) is 36.7 Å². The van der Waals surface area contributed by atoms with E-state index in [1.165, 1.54) is 0 Å². The van der Waals surface area contributed by atoms with Crippen molar-refractivity contribution in [1.29, 1.82) is 0 Å². The molecular weight excluding hydrogens is 221 g/mol. The van der Waals surface area contributed by atoms with Gasteiger partial charge in [-0.05, 0) is 12.6 Å². The molecule has 0 aromatic heterocycles. The predicted molar refractivity (Wildman–Crippen MR) is 62.2 cm³/mol. The summed E-state index contributed by atoms with van der Waals surface area (Å²) in [6.45, 7) is 0.562. The van der Waals surface area contributed by atoms with Gasteiger partial charge in [0.1, 0.15) is 18.8 Å². The van der Waals surface area contributed by atoms with E-state index in [4.69, 9.17) is 4.74 Å². The lowest BCUT2D eigenvalue weighted by Gasteiger charge is -2.17. The van der Waals surface area contributed by atoms with Crippen molar-refractivity contribution < 1.29 is 13.9 Å². The quantitative estimate of drug-likeness (QED) is 0.750. The molecule has 1 aromatic rings. The number of hydrogen-bond acceptors (Lipinski definition) is 3. The Hall–Kier alpha value is -1.42. The van der Waals surface area contributed by atoms with Gasteiger partial charge in [-0.25, -0.2) is 4.39 Å². The van der Waals surface area contributed by atoms with Crippen molar-refractivity contribution in [3.05, 3.63) is 35.9 Å². The molecule has 0 spiro atoms. The van der Waals surface area contributed by atoms with E-state index in [1.54, 1.807) is 11.9 Å². The highest BCUT2D eigenvalue weighted by Crippen LogP contribution is 2.19. The van der Waals surface area contributed by atoms with Crippen molar-refractivity contribution in [3.63, 3.8) is 0 Å². The van der Waals surface area contributed by atoms with E-state index < -0.39 is 12.2 Å². The summed E-state index contributed by atoms with van der Waals surface area (Å²) in [6.07, 6.45) is -0.682. The summed E-state index contributed by atoms with van der Waals surface area (Å²) < 4.78 is 18.3. The van der Waals surface area contributed by atoms with Crippen molar-refractivity contribution in [1.82, 2.24) is 4.90 Å². The van der Waals surface area contributed by atoms with Crippen molar-refractivity contribution in [2.75, 3.05) is 13.6 Å². The van der Waals surface area contributed by atoms with Gasteiger partial charge in [0.15, 0.2) is 0 Å². The third kappa shape index (κ3) is 3.03. The van der Waals surface area contributed by atoms with Crippen molar-refractivity contribution in [2.24, 2.45) is 0 Å². The molecule has 0 unspecified atom stereocenters. The molecule has 1 heterocycles. The summed E-state index contributed by atoms with van der Waals surface area (Å²) >= 11 is 0. The molecule has 1 fully saturated rings. The van der Waals surface area contributed by atoms with Gasteiger partial charge in [-0.3, -0.25) is 9.69 Å². The topological polar surface area (TPSA) is 29.5 Å². The Bertz CT molecular complexity index is 382. The SMILES string of the molecule is CN1C[C@H](F)C[C@H]1C(=O)OCc1ccccc1. The molecule has 92 valence electrons. The van der Waals surface area contributed by atoms with Gasteiger partial charge in [0.05, 0.1) is 0 Å². The molecule has 0 bridgehead atoms. The number of likely N-dealkylation sites (tertiary alicyclic amines) is 1. The van der Waals surface area contributed by atoms with Crippen LogP contribution in [0.4, 0.5) is 4.39 Å². The van der Waals surface area contributed by atoms with Crippen LogP contribution in [0.15, 0.2) is 30.3 Å². The number of esters is 1. The number of hydrogen-bond donors (Lipinski definition) is 0. The summed E-state index contributed by atoms with van der Waals surface area (Å²) in [4.78, 5) is 13.5. The lowest BCUT2D eigenvalue weighted by Crippen LogP contribution is -2.34. The van der Waals surface area contributed by atoms with Crippen molar-refractivity contribution >= 4 is 5.97 Å². The Morgan fingerprint density at radius 1 is 1.47 bits per heavy atom. The second-order valence-electron chi connectivity index (χ2n) is 4.38. The Labute approximate surface area is 100 Å². The maximum atomic E-state index is 13.1. The van der Waals surface area contributed by atoms with E-state index in [1.807, 2.05) is 30.3 Å². The molecule has 1 saturated heterocycles. The molecule has 0 N–H and O–H groups in total. The van der Waals surface area contributed by atoms with Gasteiger partial charge >= 0.3 is 5.97 Å². The molecule has 2 atom stereocenters. The highest BCUT2D eigenvalue weighted by Gasteiger charge is 2.35. The van der Waals surface area contributed by atoms with Gasteiger partial charge in [0.2, 0.25) is 0 Å². The number of halogens is 1. The molecule has 4 heteroatoms. The van der Waals surface area contributed by atoms with E-state index in [-0.39, 0.29) is 19.0 Å². The Morgan fingerprint density at radius 3 is 2.76 bits per heavy atom. The molecule has 2 rings (SSSR count). The fourth-order valence-electron chi connectivity index (χ4n) is 2.04. The summed E-state index contributed by atoms with van der Waals surface area (Å²) in [5.41, 5.74) is 0.943. The third-order valence-electron chi connectivity index (χ3n) is 2.99. The lowest BCUT2D eigenvalue weighted by atomic mass is 10.2. The van der Waals surface area contributed by atoms with Gasteiger partial charge < -0.3 is 4.74 Å². The Morgan fingerprint density at radius 2 is 2.18 bits per heavy atom. The number of carbonyl (C=O) groups is 1. The normalized spacial score (nSPS) is 24.8.